The fraction of sp³-hybridized carbons (Fsp3) is 0.516. The Hall–Kier alpha value is -3.06. The number of fused-ring (bicyclic) bond motifs is 1. The lowest BCUT2D eigenvalue weighted by atomic mass is 9.59. The summed E-state index contributed by atoms with van der Waals surface area (Å²) < 4.78 is 7.63. The first kappa shape index (κ1) is 28.9. The number of carbonyl (C=O) groups is 1. The molecule has 1 fully saturated rings. The third-order valence-corrected chi connectivity index (χ3v) is 8.55. The molecule has 1 aliphatic rings. The molecule has 1 saturated carbocycles. The molecule has 39 heavy (non-hydrogen) atoms. The second-order valence-electron chi connectivity index (χ2n) is 13.2. The van der Waals surface area contributed by atoms with Crippen LogP contribution in [0.1, 0.15) is 78.6 Å². The van der Waals surface area contributed by atoms with Gasteiger partial charge in [-0.25, -0.2) is 14.2 Å². The van der Waals surface area contributed by atoms with Gasteiger partial charge in [0.1, 0.15) is 33.6 Å². The Morgan fingerprint density at radius 1 is 1.08 bits per heavy atom. The van der Waals surface area contributed by atoms with Crippen molar-refractivity contribution in [3.8, 4) is 11.1 Å². The summed E-state index contributed by atoms with van der Waals surface area (Å²) in [7, 11) is 0. The van der Waals surface area contributed by atoms with Gasteiger partial charge in [-0.15, -0.1) is 0 Å². The summed E-state index contributed by atoms with van der Waals surface area (Å²) >= 11 is 6.82. The third-order valence-electron chi connectivity index (χ3n) is 8.19. The Morgan fingerprint density at radius 3 is 2.10 bits per heavy atom. The summed E-state index contributed by atoms with van der Waals surface area (Å²) in [5.41, 5.74) is 6.37. The van der Waals surface area contributed by atoms with E-state index in [1.165, 1.54) is 6.92 Å². The Morgan fingerprint density at radius 2 is 1.62 bits per heavy atom. The molecule has 0 spiro atoms. The molecule has 2 heterocycles. The van der Waals surface area contributed by atoms with E-state index in [1.807, 2.05) is 30.3 Å². The number of esters is 1. The van der Waals surface area contributed by atoms with Gasteiger partial charge in [-0.1, -0.05) is 90.4 Å². The highest BCUT2D eigenvalue weighted by Crippen LogP contribution is 2.50. The second kappa shape index (κ2) is 10.2. The smallest absolute Gasteiger partial charge is 0.342 e. The summed E-state index contributed by atoms with van der Waals surface area (Å²) in [5, 5.41) is 10.00. The lowest BCUT2D eigenvalue weighted by molar-refractivity contribution is -0.0922. The van der Waals surface area contributed by atoms with Gasteiger partial charge in [0.15, 0.2) is 5.65 Å². The quantitative estimate of drug-likeness (QED) is 0.369. The van der Waals surface area contributed by atoms with Gasteiger partial charge in [0, 0.05) is 17.4 Å². The number of aromatic nitrogens is 2. The number of anilines is 1. The first-order valence-electron chi connectivity index (χ1n) is 13.5. The standard InChI is InChI=1S/C31H40ClN3O4/c1-16-14-19(30(3,4)5)24(20(15-16)31(6,7)8)39-29(38)23-22(18-12-10-9-11-13-18)25(32)35-27(23)34-26(33)21(17(2)36)28(35)37/h9-13,16,19-20,24,36H,14-15H2,1-8H3,(H2,33,34). The van der Waals surface area contributed by atoms with E-state index >= 15 is 0 Å². The number of aliphatic hydroxyl groups excluding tert-OH is 1. The van der Waals surface area contributed by atoms with Gasteiger partial charge in [-0.3, -0.25) is 4.79 Å². The van der Waals surface area contributed by atoms with Crippen LogP contribution in [0, 0.1) is 28.6 Å². The number of carbonyl (C=O) groups excluding carboxylic acids is 1. The average molecular weight is 554 g/mol. The lowest BCUT2D eigenvalue weighted by Crippen LogP contribution is -2.49. The lowest BCUT2D eigenvalue weighted by Gasteiger charge is -2.50. The average Bonchev–Trinajstić information content (AvgIpc) is 3.10. The molecule has 1 aliphatic carbocycles. The van der Waals surface area contributed by atoms with Crippen molar-refractivity contribution in [1.29, 1.82) is 0 Å². The van der Waals surface area contributed by atoms with E-state index in [9.17, 15) is 14.7 Å². The normalized spacial score (nSPS) is 23.1. The van der Waals surface area contributed by atoms with E-state index in [4.69, 9.17) is 22.1 Å². The van der Waals surface area contributed by atoms with Gasteiger partial charge in [-0.05, 0) is 42.1 Å². The number of aliphatic hydroxyl groups is 1. The number of nitrogen functional groups attached to an aromatic ring is 1. The Balaban J connectivity index is 1.98. The minimum atomic E-state index is -0.648. The van der Waals surface area contributed by atoms with Crippen LogP contribution in [0.3, 0.4) is 0 Å². The zero-order valence-corrected chi connectivity index (χ0v) is 24.9. The van der Waals surface area contributed by atoms with E-state index in [0.717, 1.165) is 17.2 Å². The summed E-state index contributed by atoms with van der Waals surface area (Å²) in [5.74, 6) is -0.291. The molecular weight excluding hydrogens is 514 g/mol. The van der Waals surface area contributed by atoms with Crippen molar-refractivity contribution in [3.05, 3.63) is 56.6 Å². The maximum Gasteiger partial charge on any atom is 0.342 e. The van der Waals surface area contributed by atoms with Crippen molar-refractivity contribution in [2.45, 2.75) is 74.3 Å². The van der Waals surface area contributed by atoms with E-state index in [1.54, 1.807) is 0 Å². The zero-order chi connectivity index (χ0) is 29.0. The predicted molar refractivity (Wildman–Crippen MR) is 157 cm³/mol. The van der Waals surface area contributed by atoms with E-state index in [2.05, 4.69) is 53.5 Å². The topological polar surface area (TPSA) is 107 Å². The van der Waals surface area contributed by atoms with Gasteiger partial charge >= 0.3 is 5.97 Å². The molecule has 2 atom stereocenters. The Kier molecular flexibility index (Phi) is 7.54. The highest BCUT2D eigenvalue weighted by Gasteiger charge is 2.48. The van der Waals surface area contributed by atoms with Crippen molar-refractivity contribution < 1.29 is 14.6 Å². The summed E-state index contributed by atoms with van der Waals surface area (Å²) in [4.78, 5) is 32.1. The van der Waals surface area contributed by atoms with Crippen molar-refractivity contribution in [2.75, 3.05) is 5.73 Å². The van der Waals surface area contributed by atoms with Crippen LogP contribution in [0.4, 0.5) is 5.82 Å². The Labute approximate surface area is 235 Å². The fourth-order valence-electron chi connectivity index (χ4n) is 6.17. The molecule has 210 valence electrons. The molecule has 3 N–H and O–H groups in total. The molecule has 0 bridgehead atoms. The van der Waals surface area contributed by atoms with Crippen LogP contribution < -0.4 is 16.5 Å². The molecule has 3 aromatic rings. The van der Waals surface area contributed by atoms with Crippen molar-refractivity contribution in [2.24, 2.45) is 28.6 Å². The monoisotopic (exact) mass is 553 g/mol. The molecule has 2 unspecified atom stereocenters. The Bertz CT molecular complexity index is 1490. The largest absolute Gasteiger partial charge is 0.512 e. The number of hydrogen-bond acceptors (Lipinski definition) is 6. The van der Waals surface area contributed by atoms with Gasteiger partial charge in [0.05, 0.1) is 0 Å². The molecule has 4 rings (SSSR count). The van der Waals surface area contributed by atoms with Crippen LogP contribution in [0.2, 0.25) is 5.15 Å². The van der Waals surface area contributed by atoms with Crippen LogP contribution >= 0.6 is 11.6 Å². The van der Waals surface area contributed by atoms with Gasteiger partial charge in [0.2, 0.25) is 0 Å². The van der Waals surface area contributed by atoms with Crippen molar-refractivity contribution in [3.63, 3.8) is 0 Å². The van der Waals surface area contributed by atoms with E-state index < -0.39 is 11.5 Å². The maximum absolute atomic E-state index is 14.3. The molecule has 2 aromatic heterocycles. The number of nitrogens with zero attached hydrogens (tertiary/aromatic N) is 2. The van der Waals surface area contributed by atoms with Gasteiger partial charge < -0.3 is 15.6 Å². The van der Waals surface area contributed by atoms with Gasteiger partial charge in [-0.2, -0.15) is 0 Å². The first-order valence-corrected chi connectivity index (χ1v) is 13.9. The molecule has 1 aromatic carbocycles. The minimum Gasteiger partial charge on any atom is -0.512 e. The SMILES string of the molecule is CC(O)=c1c(N)nc2c(C(=O)OC3C(C(C)(C)C)CC(C)CC3C(C)(C)C)c(-c3ccccc3)c(Cl)n2c1=O. The minimum absolute atomic E-state index is 0.0140. The van der Waals surface area contributed by atoms with Gasteiger partial charge in [0.25, 0.3) is 5.56 Å². The maximum atomic E-state index is 14.3. The zero-order valence-electron chi connectivity index (χ0n) is 24.1. The van der Waals surface area contributed by atoms with E-state index in [-0.39, 0.29) is 61.9 Å². The molecule has 8 heteroatoms. The number of rotatable bonds is 3. The van der Waals surface area contributed by atoms with Crippen molar-refractivity contribution in [1.82, 2.24) is 9.38 Å². The van der Waals surface area contributed by atoms with Crippen molar-refractivity contribution >= 4 is 34.8 Å². The number of halogens is 1. The molecule has 0 saturated heterocycles. The fourth-order valence-corrected chi connectivity index (χ4v) is 6.53. The molecule has 0 aliphatic heterocycles. The van der Waals surface area contributed by atoms with E-state index in [0.29, 0.717) is 17.0 Å². The number of ether oxygens (including phenoxy) is 1. The molecular formula is C31H40ClN3O4. The number of hydrogen-bond donors (Lipinski definition) is 2. The number of benzene rings is 1. The predicted octanol–water partition coefficient (Wildman–Crippen LogP) is 6.28. The van der Waals surface area contributed by atoms with Crippen LogP contribution in [-0.2, 0) is 4.74 Å². The summed E-state index contributed by atoms with van der Waals surface area (Å²) in [6.45, 7) is 16.8. The van der Waals surface area contributed by atoms with Crippen LogP contribution in [-0.4, -0.2) is 26.6 Å². The number of nitrogens with two attached hydrogens (primary N) is 1. The molecule has 0 radical (unpaired) electrons. The first-order chi connectivity index (χ1) is 18.0. The molecule has 7 nitrogen and oxygen atoms in total. The highest BCUT2D eigenvalue weighted by molar-refractivity contribution is 6.34. The summed E-state index contributed by atoms with van der Waals surface area (Å²) in [6.07, 6.45) is 1.55. The van der Waals surface area contributed by atoms with Crippen LogP contribution in [0.25, 0.3) is 22.5 Å². The highest BCUT2D eigenvalue weighted by atomic mass is 35.5. The summed E-state index contributed by atoms with van der Waals surface area (Å²) in [6, 6.07) is 9.14. The second-order valence-corrected chi connectivity index (χ2v) is 13.6. The van der Waals surface area contributed by atoms with Crippen LogP contribution in [0.5, 0.6) is 0 Å². The molecule has 0 amide bonds. The van der Waals surface area contributed by atoms with Crippen LogP contribution in [0.15, 0.2) is 35.1 Å². The third kappa shape index (κ3) is 5.25.